The van der Waals surface area contributed by atoms with Gasteiger partial charge in [0.05, 0.1) is 17.6 Å². The molecule has 5 heteroatoms. The molecule has 3 nitrogen and oxygen atoms in total. The molecule has 256 valence electrons. The molecule has 0 fully saturated rings. The van der Waals surface area contributed by atoms with E-state index in [0.717, 1.165) is 39.7 Å². The van der Waals surface area contributed by atoms with Crippen molar-refractivity contribution in [1.82, 2.24) is 4.98 Å². The molecule has 0 spiro atoms. The average Bonchev–Trinajstić information content (AvgIpc) is 3.72. The minimum atomic E-state index is 0.955. The standard InChI is InChI=1S/C49H33N3S2/c1-5-14-35(15-6-1)51(36-16-7-2-8-17-36)39-25-29-44(50-33-39)34-24-26-41-43-28-27-40(42-22-13-23-46(49(42)43)53-47(41)32-34)45-30-31-48(54-45)52(37-18-9-3-10-19-37)38-20-11-4-12-21-38/h1-33H. The fourth-order valence-corrected chi connectivity index (χ4v) is 9.71. The van der Waals surface area contributed by atoms with Gasteiger partial charge in [-0.05, 0) is 107 Å². The van der Waals surface area contributed by atoms with Crippen LogP contribution in [0.1, 0.15) is 0 Å². The number of benzene rings is 7. The maximum absolute atomic E-state index is 5.00. The Bertz CT molecular complexity index is 2650. The van der Waals surface area contributed by atoms with Gasteiger partial charge in [-0.2, -0.15) is 0 Å². The van der Waals surface area contributed by atoms with E-state index in [1.165, 1.54) is 47.1 Å². The van der Waals surface area contributed by atoms with Gasteiger partial charge in [0.2, 0.25) is 0 Å². The fourth-order valence-electron chi connectivity index (χ4n) is 7.45. The van der Waals surface area contributed by atoms with E-state index in [2.05, 4.69) is 192 Å². The van der Waals surface area contributed by atoms with Crippen molar-refractivity contribution in [3.8, 4) is 32.8 Å². The maximum Gasteiger partial charge on any atom is 0.101 e. The highest BCUT2D eigenvalue weighted by Crippen LogP contribution is 2.52. The second-order valence-corrected chi connectivity index (χ2v) is 15.4. The van der Waals surface area contributed by atoms with Crippen LogP contribution in [0, 0.1) is 0 Å². The Balaban J connectivity index is 0.984. The van der Waals surface area contributed by atoms with Crippen LogP contribution in [0.5, 0.6) is 0 Å². The Morgan fingerprint density at radius 1 is 0.407 bits per heavy atom. The van der Waals surface area contributed by atoms with Crippen LogP contribution in [-0.4, -0.2) is 4.98 Å². The van der Waals surface area contributed by atoms with Gasteiger partial charge < -0.3 is 9.80 Å². The molecule has 9 aromatic rings. The molecule has 0 saturated carbocycles. The van der Waals surface area contributed by atoms with Gasteiger partial charge in [-0.25, -0.2) is 0 Å². The SMILES string of the molecule is c1ccc(N(c2ccccc2)c2ccc(-c3ccc4c(c3)Sc3cccc5c(-c6ccc(N(c7ccccc7)c7ccccc7)s6)ccc-4c35)nc2)cc1. The van der Waals surface area contributed by atoms with E-state index in [4.69, 9.17) is 4.98 Å². The molecule has 0 aliphatic carbocycles. The third-order valence-electron chi connectivity index (χ3n) is 9.93. The minimum Gasteiger partial charge on any atom is -0.309 e. The number of anilines is 6. The Morgan fingerprint density at radius 2 is 1.00 bits per heavy atom. The van der Waals surface area contributed by atoms with Crippen molar-refractivity contribution in [2.75, 3.05) is 9.80 Å². The third kappa shape index (κ3) is 5.84. The summed E-state index contributed by atoms with van der Waals surface area (Å²) in [5.41, 5.74) is 11.4. The lowest BCUT2D eigenvalue weighted by Gasteiger charge is -2.25. The second-order valence-electron chi connectivity index (χ2n) is 13.2. The number of aromatic nitrogens is 1. The summed E-state index contributed by atoms with van der Waals surface area (Å²) in [5.74, 6) is 0. The van der Waals surface area contributed by atoms with Gasteiger partial charge in [-0.1, -0.05) is 121 Å². The van der Waals surface area contributed by atoms with Crippen LogP contribution in [0.2, 0.25) is 0 Å². The Kier molecular flexibility index (Phi) is 8.28. The summed E-state index contributed by atoms with van der Waals surface area (Å²) in [6.07, 6.45) is 1.98. The van der Waals surface area contributed by atoms with Crippen LogP contribution in [0.25, 0.3) is 43.6 Å². The van der Waals surface area contributed by atoms with Crippen LogP contribution < -0.4 is 9.80 Å². The van der Waals surface area contributed by atoms with Crippen LogP contribution in [0.15, 0.2) is 210 Å². The van der Waals surface area contributed by atoms with Crippen molar-refractivity contribution >= 4 is 67.3 Å². The lowest BCUT2D eigenvalue weighted by Crippen LogP contribution is -2.10. The third-order valence-corrected chi connectivity index (χ3v) is 12.2. The lowest BCUT2D eigenvalue weighted by atomic mass is 9.93. The van der Waals surface area contributed by atoms with Gasteiger partial charge in [0.1, 0.15) is 5.00 Å². The van der Waals surface area contributed by atoms with Gasteiger partial charge in [-0.3, -0.25) is 4.98 Å². The fraction of sp³-hybridized carbons (Fsp3) is 0. The quantitative estimate of drug-likeness (QED) is 0.155. The summed E-state index contributed by atoms with van der Waals surface area (Å²) in [7, 11) is 0. The zero-order valence-corrected chi connectivity index (χ0v) is 30.8. The van der Waals surface area contributed by atoms with E-state index >= 15 is 0 Å². The van der Waals surface area contributed by atoms with Gasteiger partial charge in [0.15, 0.2) is 0 Å². The molecule has 2 aromatic heterocycles. The summed E-state index contributed by atoms with van der Waals surface area (Å²) in [6.45, 7) is 0. The molecule has 10 rings (SSSR count). The largest absolute Gasteiger partial charge is 0.309 e. The molecule has 0 amide bonds. The highest BCUT2D eigenvalue weighted by Gasteiger charge is 2.23. The second kappa shape index (κ2) is 13.9. The number of para-hydroxylation sites is 4. The number of hydrogen-bond donors (Lipinski definition) is 0. The molecule has 1 aliphatic rings. The maximum atomic E-state index is 5.00. The van der Waals surface area contributed by atoms with Crippen LogP contribution >= 0.6 is 23.1 Å². The van der Waals surface area contributed by atoms with Crippen molar-refractivity contribution in [2.24, 2.45) is 0 Å². The first kappa shape index (κ1) is 32.3. The number of rotatable bonds is 8. The Hall–Kier alpha value is -6.40. The van der Waals surface area contributed by atoms with Crippen molar-refractivity contribution in [3.63, 3.8) is 0 Å². The number of nitrogens with zero attached hydrogens (tertiary/aromatic N) is 3. The topological polar surface area (TPSA) is 19.4 Å². The smallest absolute Gasteiger partial charge is 0.101 e. The van der Waals surface area contributed by atoms with Crippen molar-refractivity contribution < 1.29 is 0 Å². The predicted octanol–water partition coefficient (Wildman–Crippen LogP) is 14.7. The summed E-state index contributed by atoms with van der Waals surface area (Å²) in [4.78, 5) is 13.4. The molecule has 3 heterocycles. The molecular weight excluding hydrogens is 695 g/mol. The van der Waals surface area contributed by atoms with Crippen molar-refractivity contribution in [2.45, 2.75) is 9.79 Å². The molecule has 7 aromatic carbocycles. The minimum absolute atomic E-state index is 0.955. The normalized spacial score (nSPS) is 11.6. The van der Waals surface area contributed by atoms with Gasteiger partial charge >= 0.3 is 0 Å². The number of pyridine rings is 1. The van der Waals surface area contributed by atoms with Gasteiger partial charge in [0.25, 0.3) is 0 Å². The first-order valence-electron chi connectivity index (χ1n) is 18.0. The Morgan fingerprint density at radius 3 is 1.61 bits per heavy atom. The molecule has 0 bridgehead atoms. The van der Waals surface area contributed by atoms with Crippen molar-refractivity contribution in [1.29, 1.82) is 0 Å². The molecule has 0 atom stereocenters. The van der Waals surface area contributed by atoms with E-state index in [-0.39, 0.29) is 0 Å². The summed E-state index contributed by atoms with van der Waals surface area (Å²) >= 11 is 3.68. The van der Waals surface area contributed by atoms with Gasteiger partial charge in [0, 0.05) is 48.4 Å². The monoisotopic (exact) mass is 727 g/mol. The average molecular weight is 728 g/mol. The summed E-state index contributed by atoms with van der Waals surface area (Å²) < 4.78 is 0. The van der Waals surface area contributed by atoms with E-state index in [9.17, 15) is 0 Å². The van der Waals surface area contributed by atoms with Crippen molar-refractivity contribution in [3.05, 3.63) is 200 Å². The lowest BCUT2D eigenvalue weighted by molar-refractivity contribution is 1.23. The van der Waals surface area contributed by atoms with E-state index < -0.39 is 0 Å². The van der Waals surface area contributed by atoms with Crippen LogP contribution in [0.3, 0.4) is 0 Å². The first-order chi connectivity index (χ1) is 26.8. The molecule has 54 heavy (non-hydrogen) atoms. The van der Waals surface area contributed by atoms with E-state index in [1.54, 1.807) is 0 Å². The molecule has 0 N–H and O–H groups in total. The number of thiophene rings is 1. The molecule has 1 aliphatic heterocycles. The first-order valence-corrected chi connectivity index (χ1v) is 19.7. The molecule has 0 radical (unpaired) electrons. The Labute approximate surface area is 323 Å². The highest BCUT2D eigenvalue weighted by atomic mass is 32.2. The molecule has 0 unspecified atom stereocenters. The zero-order valence-electron chi connectivity index (χ0n) is 29.2. The van der Waals surface area contributed by atoms with E-state index in [1.807, 2.05) is 41.4 Å². The summed E-state index contributed by atoms with van der Waals surface area (Å²) in [6, 6.07) is 69.1. The number of hydrogen-bond acceptors (Lipinski definition) is 5. The molecular formula is C49H33N3S2. The highest BCUT2D eigenvalue weighted by molar-refractivity contribution is 7.99. The number of fused-ring (bicyclic) bond motifs is 2. The van der Waals surface area contributed by atoms with Crippen LogP contribution in [-0.2, 0) is 0 Å². The predicted molar refractivity (Wildman–Crippen MR) is 229 cm³/mol. The van der Waals surface area contributed by atoms with E-state index in [0.29, 0.717) is 0 Å². The van der Waals surface area contributed by atoms with Crippen LogP contribution in [0.4, 0.5) is 33.4 Å². The summed E-state index contributed by atoms with van der Waals surface area (Å²) in [5, 5.41) is 3.79. The van der Waals surface area contributed by atoms with Gasteiger partial charge in [-0.15, -0.1) is 11.3 Å². The molecule has 0 saturated heterocycles. The zero-order chi connectivity index (χ0) is 35.8.